The van der Waals surface area contributed by atoms with Crippen molar-refractivity contribution in [1.29, 1.82) is 0 Å². The number of rotatable bonds is 8. The van der Waals surface area contributed by atoms with Crippen LogP contribution in [0.3, 0.4) is 0 Å². The number of pyridine rings is 1. The molecular formula is C21H18F3N4O5P. The average molecular weight is 494 g/mol. The quantitative estimate of drug-likeness (QED) is 0.180. The molecule has 34 heavy (non-hydrogen) atoms. The van der Waals surface area contributed by atoms with Crippen molar-refractivity contribution in [2.24, 2.45) is 0 Å². The van der Waals surface area contributed by atoms with Crippen LogP contribution in [0.1, 0.15) is 11.7 Å². The Bertz CT molecular complexity index is 1300. The van der Waals surface area contributed by atoms with Crippen LogP contribution in [0.5, 0.6) is 11.5 Å². The van der Waals surface area contributed by atoms with Gasteiger partial charge in [0, 0.05) is 37.6 Å². The lowest BCUT2D eigenvalue weighted by atomic mass is 10.1. The van der Waals surface area contributed by atoms with Crippen LogP contribution in [-0.4, -0.2) is 51.6 Å². The summed E-state index contributed by atoms with van der Waals surface area (Å²) in [7, 11) is -3.84. The van der Waals surface area contributed by atoms with Crippen LogP contribution < -0.4 is 4.74 Å². The minimum atomic E-state index is -4.92. The Morgan fingerprint density at radius 2 is 1.74 bits per heavy atom. The van der Waals surface area contributed by atoms with E-state index in [1.165, 1.54) is 15.5 Å². The van der Waals surface area contributed by atoms with E-state index < -0.39 is 41.9 Å². The maximum Gasteiger partial charge on any atom is 0.419 e. The monoisotopic (exact) mass is 494 g/mol. The third-order valence-electron chi connectivity index (χ3n) is 5.38. The zero-order valence-corrected chi connectivity index (χ0v) is 18.4. The van der Waals surface area contributed by atoms with E-state index in [0.717, 1.165) is 18.2 Å². The van der Waals surface area contributed by atoms with E-state index >= 15 is 0 Å². The van der Waals surface area contributed by atoms with E-state index in [0.29, 0.717) is 37.1 Å². The third-order valence-corrected chi connectivity index (χ3v) is 8.09. The smallest absolute Gasteiger partial charge is 0.419 e. The molecule has 13 heteroatoms. The zero-order valence-electron chi connectivity index (χ0n) is 17.5. The van der Waals surface area contributed by atoms with E-state index in [4.69, 9.17) is 9.26 Å². The number of nitro benzene ring substituents is 1. The highest BCUT2D eigenvalue weighted by atomic mass is 31.2. The maximum atomic E-state index is 14.0. The van der Waals surface area contributed by atoms with Gasteiger partial charge in [-0.25, -0.2) is 9.34 Å². The van der Waals surface area contributed by atoms with Crippen LogP contribution in [0.2, 0.25) is 0 Å². The summed E-state index contributed by atoms with van der Waals surface area (Å²) in [6.45, 7) is 1.51. The number of fused-ring (bicyclic) bond motifs is 1. The predicted molar refractivity (Wildman–Crippen MR) is 116 cm³/mol. The van der Waals surface area contributed by atoms with Crippen molar-refractivity contribution in [3.63, 3.8) is 0 Å². The summed E-state index contributed by atoms with van der Waals surface area (Å²) in [4.78, 5) is 15.0. The van der Waals surface area contributed by atoms with E-state index in [-0.39, 0.29) is 5.75 Å². The number of benzene rings is 2. The molecule has 2 aliphatic heterocycles. The van der Waals surface area contributed by atoms with Gasteiger partial charge in [-0.1, -0.05) is 18.2 Å². The van der Waals surface area contributed by atoms with Crippen LogP contribution in [0, 0.1) is 10.1 Å². The highest BCUT2D eigenvalue weighted by molar-refractivity contribution is 7.54. The molecular weight excluding hydrogens is 476 g/mol. The topological polar surface area (TPSA) is 97.6 Å². The number of halogens is 3. The van der Waals surface area contributed by atoms with Crippen LogP contribution >= 0.6 is 7.67 Å². The molecule has 0 aliphatic carbocycles. The van der Waals surface area contributed by atoms with Crippen molar-refractivity contribution in [3.05, 3.63) is 70.4 Å². The summed E-state index contributed by atoms with van der Waals surface area (Å²) in [6.07, 6.45) is -6.15. The molecule has 0 N–H and O–H groups in total. The number of hydrogen-bond donors (Lipinski definition) is 0. The number of alkyl halides is 3. The van der Waals surface area contributed by atoms with E-state index in [2.05, 4.69) is 4.98 Å². The fourth-order valence-corrected chi connectivity index (χ4v) is 5.84. The Kier molecular flexibility index (Phi) is 5.56. The molecule has 3 aromatic rings. The SMILES string of the molecule is O=[N+]([O-])c1ccc(C(OP(=O)(N2CC2)N2CC2)C(F)(F)F)cc1Oc1cnc2ccccc2c1. The second-order valence-electron chi connectivity index (χ2n) is 7.88. The first-order valence-corrected chi connectivity index (χ1v) is 11.9. The molecule has 0 spiro atoms. The minimum absolute atomic E-state index is 0.113. The molecule has 2 fully saturated rings. The lowest BCUT2D eigenvalue weighted by molar-refractivity contribution is -0.385. The molecule has 1 atom stereocenters. The molecule has 5 rings (SSSR count). The Hall–Kier alpha value is -3.05. The summed E-state index contributed by atoms with van der Waals surface area (Å²) < 4.78 is 68.9. The van der Waals surface area contributed by atoms with Gasteiger partial charge in [-0.05, 0) is 29.8 Å². The first-order valence-electron chi connectivity index (χ1n) is 10.3. The Morgan fingerprint density at radius 1 is 1.06 bits per heavy atom. The molecule has 0 saturated carbocycles. The summed E-state index contributed by atoms with van der Waals surface area (Å²) in [5.74, 6) is -0.298. The van der Waals surface area contributed by atoms with Crippen LogP contribution in [-0.2, 0) is 9.09 Å². The van der Waals surface area contributed by atoms with Gasteiger partial charge < -0.3 is 4.74 Å². The zero-order chi connectivity index (χ0) is 24.1. The van der Waals surface area contributed by atoms with Gasteiger partial charge in [-0.2, -0.15) is 13.2 Å². The molecule has 1 aromatic heterocycles. The maximum absolute atomic E-state index is 14.0. The fourth-order valence-electron chi connectivity index (χ4n) is 3.51. The van der Waals surface area contributed by atoms with Crippen molar-refractivity contribution in [3.8, 4) is 11.5 Å². The van der Waals surface area contributed by atoms with Gasteiger partial charge >= 0.3 is 19.5 Å². The van der Waals surface area contributed by atoms with Crippen molar-refractivity contribution < 1.29 is 31.9 Å². The summed E-state index contributed by atoms with van der Waals surface area (Å²) in [5.41, 5.74) is -0.326. The lowest BCUT2D eigenvalue weighted by Crippen LogP contribution is -2.25. The fraction of sp³-hybridized carbons (Fsp3) is 0.286. The summed E-state index contributed by atoms with van der Waals surface area (Å²) in [5, 5.41) is 12.2. The first kappa shape index (κ1) is 22.7. The molecule has 2 aromatic carbocycles. The van der Waals surface area contributed by atoms with Crippen LogP contribution in [0.15, 0.2) is 54.7 Å². The predicted octanol–water partition coefficient (Wildman–Crippen LogP) is 5.29. The molecule has 178 valence electrons. The van der Waals surface area contributed by atoms with Crippen LogP contribution in [0.4, 0.5) is 18.9 Å². The molecule has 1 unspecified atom stereocenters. The molecule has 9 nitrogen and oxygen atoms in total. The molecule has 2 aliphatic rings. The highest BCUT2D eigenvalue weighted by Crippen LogP contribution is 2.64. The Labute approximate surface area is 191 Å². The number of aromatic nitrogens is 1. The van der Waals surface area contributed by atoms with E-state index in [9.17, 15) is 27.9 Å². The molecule has 0 amide bonds. The largest absolute Gasteiger partial charge is 0.448 e. The molecule has 2 saturated heterocycles. The first-order chi connectivity index (χ1) is 16.1. The standard InChI is InChI=1S/C21H18F3N4O5P/c22-21(23,24)20(33-34(31,26-7-8-26)27-9-10-27)15-5-6-18(28(29)30)19(12-15)32-16-11-14-3-1-2-4-17(14)25-13-16/h1-6,11-13,20H,7-10H2. The lowest BCUT2D eigenvalue weighted by Gasteiger charge is -2.28. The van der Waals surface area contributed by atoms with Gasteiger partial charge in [0.1, 0.15) is 5.75 Å². The van der Waals surface area contributed by atoms with Gasteiger partial charge in [0.2, 0.25) is 5.75 Å². The van der Waals surface area contributed by atoms with E-state index in [1.807, 2.05) is 0 Å². The van der Waals surface area contributed by atoms with Crippen molar-refractivity contribution in [1.82, 2.24) is 14.3 Å². The normalized spacial score (nSPS) is 17.5. The summed E-state index contributed by atoms with van der Waals surface area (Å²) in [6, 6.07) is 11.4. The van der Waals surface area contributed by atoms with Gasteiger partial charge in [0.05, 0.1) is 16.6 Å². The Balaban J connectivity index is 1.52. The van der Waals surface area contributed by atoms with Gasteiger partial charge in [0.25, 0.3) is 0 Å². The molecule has 0 radical (unpaired) electrons. The second-order valence-corrected chi connectivity index (χ2v) is 10.2. The number of ether oxygens (including phenoxy) is 1. The summed E-state index contributed by atoms with van der Waals surface area (Å²) >= 11 is 0. The van der Waals surface area contributed by atoms with Gasteiger partial charge in [-0.15, -0.1) is 0 Å². The second kappa shape index (κ2) is 8.31. The average Bonchev–Trinajstić information content (AvgIpc) is 3.69. The van der Waals surface area contributed by atoms with Gasteiger partial charge in [-0.3, -0.25) is 24.2 Å². The number of hydrogen-bond acceptors (Lipinski definition) is 6. The van der Waals surface area contributed by atoms with Crippen molar-refractivity contribution in [2.45, 2.75) is 12.3 Å². The number of para-hydroxylation sites is 1. The minimum Gasteiger partial charge on any atom is -0.448 e. The third kappa shape index (κ3) is 4.49. The number of nitro groups is 1. The van der Waals surface area contributed by atoms with Crippen molar-refractivity contribution in [2.75, 3.05) is 26.2 Å². The van der Waals surface area contributed by atoms with Crippen LogP contribution in [0.25, 0.3) is 10.9 Å². The molecule has 3 heterocycles. The number of nitrogens with zero attached hydrogens (tertiary/aromatic N) is 4. The van der Waals surface area contributed by atoms with Crippen molar-refractivity contribution >= 4 is 24.3 Å². The van der Waals surface area contributed by atoms with Gasteiger partial charge in [0.15, 0.2) is 6.10 Å². The highest BCUT2D eigenvalue weighted by Gasteiger charge is 2.55. The molecule has 0 bridgehead atoms. The van der Waals surface area contributed by atoms with E-state index in [1.54, 1.807) is 30.3 Å². The Morgan fingerprint density at radius 3 is 2.35 bits per heavy atom.